The smallest absolute Gasteiger partial charge is 0.243 e. The molecule has 0 aliphatic heterocycles. The second-order valence-corrected chi connectivity index (χ2v) is 9.62. The van der Waals surface area contributed by atoms with Gasteiger partial charge in [-0.3, -0.25) is 4.79 Å². The van der Waals surface area contributed by atoms with Crippen molar-refractivity contribution in [1.82, 2.24) is 4.31 Å². The molecule has 2 rings (SSSR count). The second-order valence-electron chi connectivity index (χ2n) is 7.69. The van der Waals surface area contributed by atoms with E-state index in [0.717, 1.165) is 11.8 Å². The Kier molecular flexibility index (Phi) is 8.54. The molecule has 0 saturated carbocycles. The molecule has 30 heavy (non-hydrogen) atoms. The van der Waals surface area contributed by atoms with Crippen molar-refractivity contribution in [3.8, 4) is 5.75 Å². The number of aldehydes is 1. The normalized spacial score (nSPS) is 14.0. The van der Waals surface area contributed by atoms with Crippen LogP contribution in [0.25, 0.3) is 0 Å². The van der Waals surface area contributed by atoms with Crippen LogP contribution < -0.4 is 10.5 Å². The highest BCUT2D eigenvalue weighted by Gasteiger charge is 2.29. The van der Waals surface area contributed by atoms with E-state index >= 15 is 0 Å². The van der Waals surface area contributed by atoms with Gasteiger partial charge < -0.3 is 15.6 Å². The fourth-order valence-corrected chi connectivity index (χ4v) is 4.68. The first kappa shape index (κ1) is 24.0. The van der Waals surface area contributed by atoms with Gasteiger partial charge in [-0.05, 0) is 42.2 Å². The Morgan fingerprint density at radius 1 is 1.07 bits per heavy atom. The number of ether oxygens (including phenoxy) is 1. The lowest BCUT2D eigenvalue weighted by molar-refractivity contribution is 0.112. The summed E-state index contributed by atoms with van der Waals surface area (Å²) in [6, 6.07) is 12.4. The maximum Gasteiger partial charge on any atom is 0.243 e. The molecule has 0 saturated heterocycles. The molecule has 2 aromatic carbocycles. The van der Waals surface area contributed by atoms with Crippen LogP contribution in [-0.2, 0) is 16.4 Å². The van der Waals surface area contributed by atoms with Crippen molar-refractivity contribution >= 4 is 16.3 Å². The Hall–Kier alpha value is -2.26. The van der Waals surface area contributed by atoms with Gasteiger partial charge >= 0.3 is 0 Å². The largest absolute Gasteiger partial charge is 0.497 e. The third-order valence-corrected chi connectivity index (χ3v) is 6.58. The van der Waals surface area contributed by atoms with Gasteiger partial charge in [0.25, 0.3) is 0 Å². The summed E-state index contributed by atoms with van der Waals surface area (Å²) in [5.41, 5.74) is 7.58. The van der Waals surface area contributed by atoms with Gasteiger partial charge in [0.2, 0.25) is 10.0 Å². The van der Waals surface area contributed by atoms with Crippen LogP contribution in [0, 0.1) is 5.92 Å². The fourth-order valence-electron chi connectivity index (χ4n) is 3.06. The van der Waals surface area contributed by atoms with Crippen LogP contribution in [0.3, 0.4) is 0 Å². The van der Waals surface area contributed by atoms with E-state index < -0.39 is 22.2 Å². The number of rotatable bonds is 11. The van der Waals surface area contributed by atoms with Gasteiger partial charge in [0, 0.05) is 24.7 Å². The van der Waals surface area contributed by atoms with E-state index in [0.29, 0.717) is 17.7 Å². The number of benzene rings is 2. The zero-order valence-corrected chi connectivity index (χ0v) is 18.4. The zero-order valence-electron chi connectivity index (χ0n) is 17.6. The molecule has 7 nitrogen and oxygen atoms in total. The average molecular weight is 435 g/mol. The van der Waals surface area contributed by atoms with Crippen LogP contribution in [0.15, 0.2) is 53.4 Å². The van der Waals surface area contributed by atoms with Crippen LogP contribution in [0.5, 0.6) is 5.75 Å². The summed E-state index contributed by atoms with van der Waals surface area (Å²) >= 11 is 0. The number of hydrogen-bond acceptors (Lipinski definition) is 6. The minimum absolute atomic E-state index is 0.0670. The summed E-state index contributed by atoms with van der Waals surface area (Å²) in [5, 5.41) is 10.6. The van der Waals surface area contributed by atoms with Crippen molar-refractivity contribution in [3.05, 3.63) is 59.7 Å². The van der Waals surface area contributed by atoms with Crippen LogP contribution in [-0.4, -0.2) is 56.5 Å². The van der Waals surface area contributed by atoms with Gasteiger partial charge in [0.1, 0.15) is 12.0 Å². The molecule has 0 fully saturated rings. The summed E-state index contributed by atoms with van der Waals surface area (Å²) in [4.78, 5) is 10.9. The van der Waals surface area contributed by atoms with Crippen molar-refractivity contribution in [2.45, 2.75) is 37.3 Å². The van der Waals surface area contributed by atoms with Gasteiger partial charge in [0.15, 0.2) is 0 Å². The molecule has 0 aliphatic rings. The minimum atomic E-state index is -3.81. The van der Waals surface area contributed by atoms with Gasteiger partial charge in [-0.1, -0.05) is 38.1 Å². The van der Waals surface area contributed by atoms with E-state index in [9.17, 15) is 18.3 Å². The van der Waals surface area contributed by atoms with Crippen LogP contribution in [0.1, 0.15) is 29.8 Å². The molecule has 0 bridgehead atoms. The molecule has 0 heterocycles. The maximum absolute atomic E-state index is 13.2. The zero-order chi connectivity index (χ0) is 22.3. The number of aliphatic hydroxyl groups excluding tert-OH is 1. The summed E-state index contributed by atoms with van der Waals surface area (Å²) in [5.74, 6) is 0.629. The van der Waals surface area contributed by atoms with Gasteiger partial charge in [-0.2, -0.15) is 4.31 Å². The van der Waals surface area contributed by atoms with E-state index in [1.807, 2.05) is 13.8 Å². The number of aliphatic hydroxyl groups is 1. The monoisotopic (exact) mass is 434 g/mol. The standard InChI is InChI=1S/C22H30N2O5S/c1-16(2)13-24(30(27,28)20-10-8-19(29-3)9-11-20)14-22(26)21(23)12-17-4-6-18(15-25)7-5-17/h4-11,15-16,21-22,26H,12-14,23H2,1-3H3/t21?,22-/m1/s1. The first-order valence-corrected chi connectivity index (χ1v) is 11.2. The number of hydrogen-bond donors (Lipinski definition) is 2. The molecule has 8 heteroatoms. The van der Waals surface area contributed by atoms with Crippen LogP contribution >= 0.6 is 0 Å². The van der Waals surface area contributed by atoms with Gasteiger partial charge in [-0.15, -0.1) is 0 Å². The van der Waals surface area contributed by atoms with Crippen molar-refractivity contribution in [2.24, 2.45) is 11.7 Å². The van der Waals surface area contributed by atoms with E-state index in [1.54, 1.807) is 36.4 Å². The summed E-state index contributed by atoms with van der Waals surface area (Å²) in [6.07, 6.45) is 0.0626. The molecule has 164 valence electrons. The Labute approximate surface area is 178 Å². The van der Waals surface area contributed by atoms with Gasteiger partial charge in [-0.25, -0.2) is 8.42 Å². The number of carbonyl (C=O) groups excluding carboxylic acids is 1. The highest BCUT2D eigenvalue weighted by Crippen LogP contribution is 2.21. The summed E-state index contributed by atoms with van der Waals surface area (Å²) in [6.45, 7) is 3.97. The molecule has 0 radical (unpaired) electrons. The Morgan fingerprint density at radius 2 is 1.67 bits per heavy atom. The molecular weight excluding hydrogens is 404 g/mol. The highest BCUT2D eigenvalue weighted by molar-refractivity contribution is 7.89. The van der Waals surface area contributed by atoms with Crippen molar-refractivity contribution in [3.63, 3.8) is 0 Å². The summed E-state index contributed by atoms with van der Waals surface area (Å²) in [7, 11) is -2.30. The number of methoxy groups -OCH3 is 1. The molecule has 2 aromatic rings. The minimum Gasteiger partial charge on any atom is -0.497 e. The third-order valence-electron chi connectivity index (χ3n) is 4.74. The van der Waals surface area contributed by atoms with Crippen molar-refractivity contribution in [1.29, 1.82) is 0 Å². The lowest BCUT2D eigenvalue weighted by Gasteiger charge is -2.28. The summed E-state index contributed by atoms with van der Waals surface area (Å²) < 4.78 is 32.7. The third kappa shape index (κ3) is 6.37. The molecule has 0 amide bonds. The molecule has 0 aliphatic carbocycles. The van der Waals surface area contributed by atoms with Crippen LogP contribution in [0.2, 0.25) is 0 Å². The average Bonchev–Trinajstić information content (AvgIpc) is 2.73. The quantitative estimate of drug-likeness (QED) is 0.524. The number of nitrogens with two attached hydrogens (primary N) is 1. The molecule has 0 aromatic heterocycles. The van der Waals surface area contributed by atoms with E-state index in [2.05, 4.69) is 0 Å². The molecular formula is C22H30N2O5S. The Morgan fingerprint density at radius 3 is 2.17 bits per heavy atom. The Balaban J connectivity index is 2.15. The molecule has 3 N–H and O–H groups in total. The Bertz CT molecular complexity index is 912. The number of nitrogens with zero attached hydrogens (tertiary/aromatic N) is 1. The topological polar surface area (TPSA) is 110 Å². The van der Waals surface area contributed by atoms with Crippen LogP contribution in [0.4, 0.5) is 0 Å². The van der Waals surface area contributed by atoms with E-state index in [4.69, 9.17) is 10.5 Å². The van der Waals surface area contributed by atoms with Crippen molar-refractivity contribution < 1.29 is 23.1 Å². The fraction of sp³-hybridized carbons (Fsp3) is 0.409. The second kappa shape index (κ2) is 10.7. The molecule has 1 unspecified atom stereocenters. The SMILES string of the molecule is COc1ccc(S(=O)(=O)N(CC(C)C)C[C@@H](O)C(N)Cc2ccc(C=O)cc2)cc1. The predicted molar refractivity (Wildman–Crippen MR) is 116 cm³/mol. The predicted octanol–water partition coefficient (Wildman–Crippen LogP) is 2.09. The molecule has 0 spiro atoms. The maximum atomic E-state index is 13.2. The number of carbonyl (C=O) groups is 1. The first-order valence-electron chi connectivity index (χ1n) is 9.79. The highest BCUT2D eigenvalue weighted by atomic mass is 32.2. The van der Waals surface area contributed by atoms with E-state index in [-0.39, 0.29) is 23.9 Å². The lowest BCUT2D eigenvalue weighted by Crippen LogP contribution is -2.47. The van der Waals surface area contributed by atoms with Gasteiger partial charge in [0.05, 0.1) is 18.1 Å². The van der Waals surface area contributed by atoms with E-state index in [1.165, 1.54) is 23.5 Å². The molecule has 2 atom stereocenters. The lowest BCUT2D eigenvalue weighted by atomic mass is 10.0. The first-order chi connectivity index (χ1) is 14.2. The van der Waals surface area contributed by atoms with Crippen molar-refractivity contribution in [2.75, 3.05) is 20.2 Å². The number of sulfonamides is 1.